The molecule has 3 aliphatic rings. The molecular weight excluding hydrogens is 202 g/mol. The van der Waals surface area contributed by atoms with Gasteiger partial charge in [-0.3, -0.25) is 9.69 Å². The predicted molar refractivity (Wildman–Crippen MR) is 62.1 cm³/mol. The molecule has 0 aromatic carbocycles. The summed E-state index contributed by atoms with van der Waals surface area (Å²) in [7, 11) is 2.17. The topological polar surface area (TPSA) is 35.6 Å². The van der Waals surface area contributed by atoms with E-state index < -0.39 is 0 Å². The Balaban J connectivity index is 1.56. The molecule has 3 fully saturated rings. The normalized spacial score (nSPS) is 43.6. The molecule has 90 valence electrons. The monoisotopic (exact) mass is 223 g/mol. The van der Waals surface area contributed by atoms with Crippen LogP contribution in [-0.2, 0) is 4.79 Å². The van der Waals surface area contributed by atoms with Gasteiger partial charge in [-0.1, -0.05) is 0 Å². The van der Waals surface area contributed by atoms with Crippen LogP contribution in [0.25, 0.3) is 0 Å². The highest BCUT2D eigenvalue weighted by Gasteiger charge is 2.52. The van der Waals surface area contributed by atoms with Gasteiger partial charge in [-0.25, -0.2) is 0 Å². The van der Waals surface area contributed by atoms with E-state index >= 15 is 0 Å². The molecule has 1 saturated carbocycles. The van der Waals surface area contributed by atoms with Crippen LogP contribution < -0.4 is 5.32 Å². The van der Waals surface area contributed by atoms with E-state index in [4.69, 9.17) is 0 Å². The van der Waals surface area contributed by atoms with Gasteiger partial charge in [0.2, 0.25) is 5.91 Å². The molecule has 3 rings (SSSR count). The highest BCUT2D eigenvalue weighted by atomic mass is 16.2. The van der Waals surface area contributed by atoms with Gasteiger partial charge in [-0.2, -0.15) is 0 Å². The Kier molecular flexibility index (Phi) is 2.44. The first-order valence-electron chi connectivity index (χ1n) is 6.37. The second kappa shape index (κ2) is 3.70. The molecule has 4 atom stereocenters. The Bertz CT molecular complexity index is 307. The molecule has 4 nitrogen and oxygen atoms in total. The Morgan fingerprint density at radius 1 is 1.44 bits per heavy atom. The summed E-state index contributed by atoms with van der Waals surface area (Å²) in [5, 5.41) is 3.49. The molecule has 0 aromatic heterocycles. The fourth-order valence-electron chi connectivity index (χ4n) is 3.12. The standard InChI is InChI=1S/C12H21N3O/c1-8-5-14(2)10(4-13-8)7-15-6-9-3-11(9)12(15)16/h8-11,13H,3-7H2,1-2H3. The van der Waals surface area contributed by atoms with E-state index in [1.165, 1.54) is 0 Å². The number of piperazine rings is 1. The minimum absolute atomic E-state index is 0.403. The van der Waals surface area contributed by atoms with Gasteiger partial charge in [0.15, 0.2) is 0 Å². The average Bonchev–Trinajstić information content (AvgIpc) is 2.93. The first-order chi connectivity index (χ1) is 7.65. The van der Waals surface area contributed by atoms with Gasteiger partial charge in [0.05, 0.1) is 0 Å². The number of nitrogens with one attached hydrogen (secondary N) is 1. The number of likely N-dealkylation sites (tertiary alicyclic amines) is 1. The lowest BCUT2D eigenvalue weighted by atomic mass is 10.1. The molecule has 16 heavy (non-hydrogen) atoms. The van der Waals surface area contributed by atoms with Gasteiger partial charge in [-0.15, -0.1) is 0 Å². The number of likely N-dealkylation sites (N-methyl/N-ethyl adjacent to an activating group) is 1. The Morgan fingerprint density at radius 2 is 2.25 bits per heavy atom. The average molecular weight is 223 g/mol. The maximum Gasteiger partial charge on any atom is 0.226 e. The first kappa shape index (κ1) is 10.5. The van der Waals surface area contributed by atoms with Crippen molar-refractivity contribution in [2.45, 2.75) is 25.4 Å². The van der Waals surface area contributed by atoms with Gasteiger partial charge in [-0.05, 0) is 26.3 Å². The lowest BCUT2D eigenvalue weighted by Crippen LogP contribution is -2.57. The zero-order valence-electron chi connectivity index (χ0n) is 10.1. The summed E-state index contributed by atoms with van der Waals surface area (Å²) in [6.45, 7) is 6.24. The van der Waals surface area contributed by atoms with E-state index in [1.54, 1.807) is 0 Å². The fraction of sp³-hybridized carbons (Fsp3) is 0.917. The van der Waals surface area contributed by atoms with Crippen LogP contribution in [0.15, 0.2) is 0 Å². The molecule has 0 radical (unpaired) electrons. The molecule has 1 amide bonds. The third-order valence-corrected chi connectivity index (χ3v) is 4.32. The van der Waals surface area contributed by atoms with Crippen molar-refractivity contribution in [3.63, 3.8) is 0 Å². The number of rotatable bonds is 2. The van der Waals surface area contributed by atoms with Crippen LogP contribution in [0.4, 0.5) is 0 Å². The van der Waals surface area contributed by atoms with E-state index in [0.717, 1.165) is 32.6 Å². The second-order valence-electron chi connectivity index (χ2n) is 5.75. The quantitative estimate of drug-likeness (QED) is 0.701. The molecule has 1 aliphatic carbocycles. The number of hydrogen-bond acceptors (Lipinski definition) is 3. The van der Waals surface area contributed by atoms with E-state index in [9.17, 15) is 4.79 Å². The number of piperidine rings is 1. The minimum atomic E-state index is 0.403. The van der Waals surface area contributed by atoms with Crippen molar-refractivity contribution in [2.75, 3.05) is 33.2 Å². The van der Waals surface area contributed by atoms with Crippen molar-refractivity contribution in [3.8, 4) is 0 Å². The molecule has 4 heteroatoms. The van der Waals surface area contributed by atoms with Gasteiger partial charge in [0, 0.05) is 44.2 Å². The predicted octanol–water partition coefficient (Wildman–Crippen LogP) is -0.243. The second-order valence-corrected chi connectivity index (χ2v) is 5.75. The Hall–Kier alpha value is -0.610. The van der Waals surface area contributed by atoms with Crippen LogP contribution in [0.2, 0.25) is 0 Å². The SMILES string of the molecule is CC1CN(C)C(CN2CC3CC3C2=O)CN1. The molecule has 0 bridgehead atoms. The number of carbonyl (C=O) groups is 1. The van der Waals surface area contributed by atoms with Crippen molar-refractivity contribution >= 4 is 5.91 Å². The van der Waals surface area contributed by atoms with E-state index in [-0.39, 0.29) is 0 Å². The molecule has 2 heterocycles. The molecule has 2 aliphatic heterocycles. The minimum Gasteiger partial charge on any atom is -0.341 e. The Labute approximate surface area is 97.0 Å². The van der Waals surface area contributed by atoms with Crippen LogP contribution in [0.3, 0.4) is 0 Å². The van der Waals surface area contributed by atoms with E-state index in [1.807, 2.05) is 0 Å². The van der Waals surface area contributed by atoms with Crippen molar-refractivity contribution in [1.29, 1.82) is 0 Å². The molecule has 1 N–H and O–H groups in total. The molecular formula is C12H21N3O. The fourth-order valence-corrected chi connectivity index (χ4v) is 3.12. The van der Waals surface area contributed by atoms with Crippen LogP contribution in [0, 0.1) is 11.8 Å². The third kappa shape index (κ3) is 1.74. The lowest BCUT2D eigenvalue weighted by Gasteiger charge is -2.38. The highest BCUT2D eigenvalue weighted by molar-refractivity contribution is 5.84. The molecule has 0 spiro atoms. The summed E-state index contributed by atoms with van der Waals surface area (Å²) < 4.78 is 0. The van der Waals surface area contributed by atoms with Gasteiger partial charge < -0.3 is 10.2 Å². The maximum atomic E-state index is 11.9. The smallest absolute Gasteiger partial charge is 0.226 e. The number of amides is 1. The largest absolute Gasteiger partial charge is 0.341 e. The van der Waals surface area contributed by atoms with Crippen LogP contribution in [0.1, 0.15) is 13.3 Å². The zero-order chi connectivity index (χ0) is 11.3. The van der Waals surface area contributed by atoms with Crippen molar-refractivity contribution < 1.29 is 4.79 Å². The van der Waals surface area contributed by atoms with Crippen LogP contribution >= 0.6 is 0 Å². The number of hydrogen-bond donors (Lipinski definition) is 1. The van der Waals surface area contributed by atoms with E-state index in [0.29, 0.717) is 29.8 Å². The van der Waals surface area contributed by atoms with Crippen LogP contribution in [-0.4, -0.2) is 61.0 Å². The van der Waals surface area contributed by atoms with Crippen molar-refractivity contribution in [1.82, 2.24) is 15.1 Å². The summed E-state index contributed by atoms with van der Waals surface area (Å²) in [5.74, 6) is 1.52. The summed E-state index contributed by atoms with van der Waals surface area (Å²) in [4.78, 5) is 16.3. The van der Waals surface area contributed by atoms with Gasteiger partial charge in [0.25, 0.3) is 0 Å². The number of fused-ring (bicyclic) bond motifs is 1. The molecule has 0 aromatic rings. The summed E-state index contributed by atoms with van der Waals surface area (Å²) in [5.41, 5.74) is 0. The third-order valence-electron chi connectivity index (χ3n) is 4.32. The summed E-state index contributed by atoms with van der Waals surface area (Å²) >= 11 is 0. The Morgan fingerprint density at radius 3 is 2.88 bits per heavy atom. The van der Waals surface area contributed by atoms with Crippen LogP contribution in [0.5, 0.6) is 0 Å². The van der Waals surface area contributed by atoms with Gasteiger partial charge in [0.1, 0.15) is 0 Å². The lowest BCUT2D eigenvalue weighted by molar-refractivity contribution is -0.130. The summed E-state index contributed by atoms with van der Waals surface area (Å²) in [6, 6.07) is 1.07. The first-order valence-corrected chi connectivity index (χ1v) is 6.37. The zero-order valence-corrected chi connectivity index (χ0v) is 10.1. The number of carbonyl (C=O) groups excluding carboxylic acids is 1. The molecule has 4 unspecified atom stereocenters. The maximum absolute atomic E-state index is 11.9. The molecule has 2 saturated heterocycles. The van der Waals surface area contributed by atoms with Crippen molar-refractivity contribution in [3.05, 3.63) is 0 Å². The van der Waals surface area contributed by atoms with Gasteiger partial charge >= 0.3 is 0 Å². The van der Waals surface area contributed by atoms with E-state index in [2.05, 4.69) is 29.1 Å². The highest BCUT2D eigenvalue weighted by Crippen LogP contribution is 2.45. The number of nitrogens with zero attached hydrogens (tertiary/aromatic N) is 2. The van der Waals surface area contributed by atoms with Crippen molar-refractivity contribution in [2.24, 2.45) is 11.8 Å². The summed E-state index contributed by atoms with van der Waals surface area (Å²) in [6.07, 6.45) is 1.16.